The van der Waals surface area contributed by atoms with Gasteiger partial charge in [-0.2, -0.15) is 23.4 Å². The second kappa shape index (κ2) is 8.02. The maximum absolute atomic E-state index is 13.5. The van der Waals surface area contributed by atoms with Gasteiger partial charge in [-0.1, -0.05) is 0 Å². The van der Waals surface area contributed by atoms with Crippen molar-refractivity contribution in [3.63, 3.8) is 0 Å². The number of ether oxygens (including phenoxy) is 1. The summed E-state index contributed by atoms with van der Waals surface area (Å²) in [7, 11) is 1.68. The number of nitrogen functional groups attached to an aromatic ring is 1. The monoisotopic (exact) mass is 470 g/mol. The molecule has 0 unspecified atom stereocenters. The van der Waals surface area contributed by atoms with Gasteiger partial charge in [-0.25, -0.2) is 9.97 Å². The van der Waals surface area contributed by atoms with Gasteiger partial charge in [-0.05, 0) is 23.8 Å². The van der Waals surface area contributed by atoms with Crippen molar-refractivity contribution in [1.29, 1.82) is 0 Å². The summed E-state index contributed by atoms with van der Waals surface area (Å²) in [5.41, 5.74) is 7.72. The quantitative estimate of drug-likeness (QED) is 0.483. The zero-order valence-electron chi connectivity index (χ0n) is 17.7. The van der Waals surface area contributed by atoms with E-state index in [0.29, 0.717) is 35.6 Å². The Bertz CT molecular complexity index is 1400. The Morgan fingerprint density at radius 1 is 1.21 bits per heavy atom. The molecule has 0 aromatic carbocycles. The average Bonchev–Trinajstić information content (AvgIpc) is 3.46. The zero-order chi connectivity index (χ0) is 24.0. The standard InChI is InChI=1S/C21H17F3N8O2/c1-31-8-12(5-27-31)32(7-11-2-3-18(30-29-11)21(22,23)24)20(33)16-4-13-14-9-34-10-15(14)19(25)28-17(13)6-26-16/h2-6,8H,7,9-10H2,1H3,(H2,25,28). The van der Waals surface area contributed by atoms with E-state index in [0.717, 1.165) is 17.2 Å². The Labute approximate surface area is 190 Å². The second-order valence-corrected chi connectivity index (χ2v) is 7.70. The fraction of sp³-hybridized carbons (Fsp3) is 0.238. The van der Waals surface area contributed by atoms with Gasteiger partial charge in [-0.3, -0.25) is 14.4 Å². The van der Waals surface area contributed by atoms with Gasteiger partial charge in [0.15, 0.2) is 5.69 Å². The summed E-state index contributed by atoms with van der Waals surface area (Å²) in [5, 5.41) is 11.7. The summed E-state index contributed by atoms with van der Waals surface area (Å²) in [4.78, 5) is 23.4. The van der Waals surface area contributed by atoms with Gasteiger partial charge in [0.25, 0.3) is 5.91 Å². The van der Waals surface area contributed by atoms with E-state index in [1.165, 1.54) is 28.0 Å². The lowest BCUT2D eigenvalue weighted by atomic mass is 10.1. The molecular weight excluding hydrogens is 453 g/mol. The molecule has 1 amide bonds. The highest BCUT2D eigenvalue weighted by Crippen LogP contribution is 2.32. The lowest BCUT2D eigenvalue weighted by Gasteiger charge is -2.20. The van der Waals surface area contributed by atoms with Crippen LogP contribution in [-0.4, -0.2) is 35.9 Å². The van der Waals surface area contributed by atoms with Crippen LogP contribution in [0.25, 0.3) is 10.9 Å². The fourth-order valence-corrected chi connectivity index (χ4v) is 3.72. The molecule has 34 heavy (non-hydrogen) atoms. The minimum absolute atomic E-state index is 0.108. The van der Waals surface area contributed by atoms with Crippen molar-refractivity contribution in [1.82, 2.24) is 29.9 Å². The third-order valence-corrected chi connectivity index (χ3v) is 5.41. The number of carbonyl (C=O) groups excluding carboxylic acids is 1. The first kappa shape index (κ1) is 21.7. The number of nitrogens with zero attached hydrogens (tertiary/aromatic N) is 7. The van der Waals surface area contributed by atoms with E-state index in [-0.39, 0.29) is 17.9 Å². The number of pyridine rings is 2. The number of rotatable bonds is 4. The lowest BCUT2D eigenvalue weighted by Crippen LogP contribution is -2.31. The van der Waals surface area contributed by atoms with Gasteiger partial charge in [0.05, 0.1) is 49.1 Å². The van der Waals surface area contributed by atoms with Crippen LogP contribution < -0.4 is 10.6 Å². The van der Waals surface area contributed by atoms with Crippen LogP contribution in [0, 0.1) is 0 Å². The molecular formula is C21H17F3N8O2. The van der Waals surface area contributed by atoms with Gasteiger partial charge in [-0.15, -0.1) is 5.10 Å². The Kier molecular flexibility index (Phi) is 5.12. The molecule has 4 aromatic heterocycles. The molecule has 0 saturated heterocycles. The molecule has 0 bridgehead atoms. The SMILES string of the molecule is Cn1cc(N(Cc2ccc(C(F)(F)F)nn2)C(=O)c2cc3c4c(c(N)nc3cn2)COC4)cn1. The average molecular weight is 470 g/mol. The van der Waals surface area contributed by atoms with E-state index in [1.807, 2.05) is 0 Å². The highest BCUT2D eigenvalue weighted by molar-refractivity contribution is 6.06. The number of anilines is 2. The van der Waals surface area contributed by atoms with Crippen molar-refractivity contribution in [2.24, 2.45) is 7.05 Å². The third-order valence-electron chi connectivity index (χ3n) is 5.41. The van der Waals surface area contributed by atoms with Crippen LogP contribution in [-0.2, 0) is 37.7 Å². The van der Waals surface area contributed by atoms with Crippen LogP contribution in [0.3, 0.4) is 0 Å². The molecule has 1 aliphatic rings. The van der Waals surface area contributed by atoms with E-state index in [4.69, 9.17) is 10.5 Å². The zero-order valence-corrected chi connectivity index (χ0v) is 17.7. The number of hydrogen-bond acceptors (Lipinski definition) is 8. The van der Waals surface area contributed by atoms with Crippen molar-refractivity contribution in [3.8, 4) is 0 Å². The molecule has 1 aliphatic heterocycles. The maximum atomic E-state index is 13.5. The van der Waals surface area contributed by atoms with E-state index < -0.39 is 17.8 Å². The van der Waals surface area contributed by atoms with Crippen LogP contribution in [0.5, 0.6) is 0 Å². The van der Waals surface area contributed by atoms with Crippen LogP contribution >= 0.6 is 0 Å². The van der Waals surface area contributed by atoms with E-state index in [1.54, 1.807) is 19.3 Å². The second-order valence-electron chi connectivity index (χ2n) is 7.70. The summed E-state index contributed by atoms with van der Waals surface area (Å²) < 4.78 is 45.5. The predicted octanol–water partition coefficient (Wildman–Crippen LogP) is 2.63. The smallest absolute Gasteiger partial charge is 0.383 e. The number of fused-ring (bicyclic) bond motifs is 3. The largest absolute Gasteiger partial charge is 0.435 e. The molecule has 174 valence electrons. The summed E-state index contributed by atoms with van der Waals surface area (Å²) in [6.07, 6.45) is -0.0911. The minimum atomic E-state index is -4.61. The molecule has 5 heterocycles. The Hall–Kier alpha value is -4.13. The highest BCUT2D eigenvalue weighted by Gasteiger charge is 2.33. The molecule has 0 spiro atoms. The molecule has 5 rings (SSSR count). The summed E-state index contributed by atoms with van der Waals surface area (Å²) in [5.74, 6) is -0.139. The van der Waals surface area contributed by atoms with Gasteiger partial charge in [0.2, 0.25) is 0 Å². The molecule has 4 aromatic rings. The topological polar surface area (TPSA) is 125 Å². The molecule has 0 saturated carbocycles. The first-order chi connectivity index (χ1) is 16.2. The number of carbonyl (C=O) groups is 1. The van der Waals surface area contributed by atoms with Crippen LogP contribution in [0.1, 0.15) is 33.0 Å². The molecule has 2 N–H and O–H groups in total. The predicted molar refractivity (Wildman–Crippen MR) is 113 cm³/mol. The van der Waals surface area contributed by atoms with Crippen LogP contribution in [0.4, 0.5) is 24.7 Å². The number of nitrogens with two attached hydrogens (primary N) is 1. The molecule has 10 nitrogen and oxygen atoms in total. The van der Waals surface area contributed by atoms with Crippen molar-refractivity contribution >= 4 is 28.3 Å². The summed E-state index contributed by atoms with van der Waals surface area (Å²) in [6.45, 7) is 0.532. The minimum Gasteiger partial charge on any atom is -0.383 e. The van der Waals surface area contributed by atoms with E-state index in [2.05, 4.69) is 25.3 Å². The molecule has 0 aliphatic carbocycles. The van der Waals surface area contributed by atoms with E-state index in [9.17, 15) is 18.0 Å². The highest BCUT2D eigenvalue weighted by atomic mass is 19.4. The first-order valence-corrected chi connectivity index (χ1v) is 10.1. The number of halogens is 3. The maximum Gasteiger partial charge on any atom is 0.435 e. The van der Waals surface area contributed by atoms with Gasteiger partial charge >= 0.3 is 6.18 Å². The van der Waals surface area contributed by atoms with Crippen molar-refractivity contribution in [3.05, 3.63) is 65.0 Å². The summed E-state index contributed by atoms with van der Waals surface area (Å²) in [6, 6.07) is 3.61. The number of hydrogen-bond donors (Lipinski definition) is 1. The van der Waals surface area contributed by atoms with Gasteiger partial charge in [0.1, 0.15) is 11.5 Å². The Balaban J connectivity index is 1.52. The van der Waals surface area contributed by atoms with Crippen LogP contribution in [0.2, 0.25) is 0 Å². The Morgan fingerprint density at radius 2 is 2.00 bits per heavy atom. The number of alkyl halides is 3. The van der Waals surface area contributed by atoms with Crippen molar-refractivity contribution in [2.75, 3.05) is 10.6 Å². The van der Waals surface area contributed by atoms with Crippen molar-refractivity contribution in [2.45, 2.75) is 25.9 Å². The van der Waals surface area contributed by atoms with Crippen molar-refractivity contribution < 1.29 is 22.7 Å². The fourth-order valence-electron chi connectivity index (χ4n) is 3.72. The molecule has 0 fully saturated rings. The number of aromatic nitrogens is 6. The normalized spacial score (nSPS) is 13.3. The van der Waals surface area contributed by atoms with Gasteiger partial charge < -0.3 is 10.5 Å². The van der Waals surface area contributed by atoms with Crippen LogP contribution in [0.15, 0.2) is 36.8 Å². The number of aryl methyl sites for hydroxylation is 1. The third kappa shape index (κ3) is 3.90. The first-order valence-electron chi connectivity index (χ1n) is 10.1. The number of amides is 1. The summed E-state index contributed by atoms with van der Waals surface area (Å²) >= 11 is 0. The lowest BCUT2D eigenvalue weighted by molar-refractivity contribution is -0.141. The molecule has 13 heteroatoms. The Morgan fingerprint density at radius 3 is 2.68 bits per heavy atom. The molecule has 0 radical (unpaired) electrons. The molecule has 0 atom stereocenters. The van der Waals surface area contributed by atoms with Gasteiger partial charge in [0, 0.05) is 24.2 Å². The van der Waals surface area contributed by atoms with E-state index >= 15 is 0 Å².